The zero-order valence-corrected chi connectivity index (χ0v) is 24.9. The van der Waals surface area contributed by atoms with E-state index in [0.717, 1.165) is 58.2 Å². The highest BCUT2D eigenvalue weighted by molar-refractivity contribution is 9.10. The molecule has 204 valence electrons. The van der Waals surface area contributed by atoms with E-state index in [4.69, 9.17) is 4.74 Å². The first-order valence-electron chi connectivity index (χ1n) is 12.7. The number of hydrogen-bond donors (Lipinski definition) is 1. The minimum absolute atomic E-state index is 0.102. The number of phenols is 1. The standard InChI is InChI=1S/C21H21FN2O3.C9H8Br2O/c1-27-21(26)13-7-10-19-18(11-13)23-20(16-9-8-15(25)12-17(16)22)24(19)14-5-3-2-4-6-14;1-6(12)7-2-3-9(11)8(4-7)5-10/h7-12,14,25H,2-6H2,1H3;2-4H,5H2,1H3. The summed E-state index contributed by atoms with van der Waals surface area (Å²) in [7, 11) is 1.34. The lowest BCUT2D eigenvalue weighted by Crippen LogP contribution is -2.14. The molecule has 1 fully saturated rings. The Morgan fingerprint density at radius 3 is 2.41 bits per heavy atom. The molecule has 1 aromatic heterocycles. The number of benzene rings is 3. The third kappa shape index (κ3) is 6.58. The zero-order chi connectivity index (χ0) is 28.1. The summed E-state index contributed by atoms with van der Waals surface area (Å²) < 4.78 is 22.5. The van der Waals surface area contributed by atoms with Gasteiger partial charge in [0.25, 0.3) is 0 Å². The number of imidazole rings is 1. The number of phenolic OH excluding ortho intramolecular Hbond substituents is 1. The fourth-order valence-electron chi connectivity index (χ4n) is 4.82. The summed E-state index contributed by atoms with van der Waals surface area (Å²) in [5.41, 5.74) is 4.11. The first kappa shape index (κ1) is 29.0. The van der Waals surface area contributed by atoms with Crippen molar-refractivity contribution in [3.63, 3.8) is 0 Å². The van der Waals surface area contributed by atoms with Gasteiger partial charge in [-0.2, -0.15) is 0 Å². The zero-order valence-electron chi connectivity index (χ0n) is 21.7. The lowest BCUT2D eigenvalue weighted by Gasteiger charge is -2.25. The van der Waals surface area contributed by atoms with E-state index in [9.17, 15) is 19.1 Å². The largest absolute Gasteiger partial charge is 0.508 e. The molecule has 1 saturated carbocycles. The maximum Gasteiger partial charge on any atom is 0.337 e. The van der Waals surface area contributed by atoms with Gasteiger partial charge < -0.3 is 14.4 Å². The van der Waals surface area contributed by atoms with Crippen LogP contribution in [0.3, 0.4) is 0 Å². The Bertz CT molecular complexity index is 1510. The number of rotatable bonds is 5. The van der Waals surface area contributed by atoms with Gasteiger partial charge in [0.2, 0.25) is 0 Å². The number of ether oxygens (including phenoxy) is 1. The quantitative estimate of drug-likeness (QED) is 0.132. The molecule has 1 N–H and O–H groups in total. The maximum absolute atomic E-state index is 14.6. The Morgan fingerprint density at radius 1 is 1.05 bits per heavy atom. The van der Waals surface area contributed by atoms with Gasteiger partial charge in [-0.3, -0.25) is 4.79 Å². The van der Waals surface area contributed by atoms with E-state index in [-0.39, 0.29) is 17.6 Å². The highest BCUT2D eigenvalue weighted by Crippen LogP contribution is 2.37. The molecule has 1 aliphatic rings. The molecule has 0 atom stereocenters. The number of ketones is 1. The van der Waals surface area contributed by atoms with Crippen LogP contribution >= 0.6 is 31.9 Å². The maximum atomic E-state index is 14.6. The molecule has 4 aromatic rings. The first-order valence-corrected chi connectivity index (χ1v) is 14.6. The molecule has 3 aromatic carbocycles. The summed E-state index contributed by atoms with van der Waals surface area (Å²) in [6.45, 7) is 1.57. The van der Waals surface area contributed by atoms with Crippen molar-refractivity contribution in [1.29, 1.82) is 0 Å². The minimum atomic E-state index is -0.518. The summed E-state index contributed by atoms with van der Waals surface area (Å²) in [4.78, 5) is 27.5. The number of aromatic hydroxyl groups is 1. The van der Waals surface area contributed by atoms with Gasteiger partial charge in [0.1, 0.15) is 17.4 Å². The normalized spacial score (nSPS) is 13.6. The first-order chi connectivity index (χ1) is 18.7. The molecule has 1 heterocycles. The number of Topliss-reactive ketones (excluding diaryl/α,β-unsaturated/α-hetero) is 1. The number of carbonyl (C=O) groups excluding carboxylic acids is 2. The Hall–Kier alpha value is -3.04. The molecule has 0 amide bonds. The van der Waals surface area contributed by atoms with Gasteiger partial charge in [-0.25, -0.2) is 14.2 Å². The second-order valence-corrected chi connectivity index (χ2v) is 10.9. The van der Waals surface area contributed by atoms with Gasteiger partial charge in [-0.15, -0.1) is 0 Å². The average Bonchev–Trinajstić information content (AvgIpc) is 3.32. The van der Waals surface area contributed by atoms with E-state index < -0.39 is 11.8 Å². The predicted molar refractivity (Wildman–Crippen MR) is 157 cm³/mol. The van der Waals surface area contributed by atoms with Crippen LogP contribution in [0.2, 0.25) is 0 Å². The Balaban J connectivity index is 0.000000247. The van der Waals surface area contributed by atoms with Crippen LogP contribution < -0.4 is 0 Å². The van der Waals surface area contributed by atoms with Crippen molar-refractivity contribution in [3.05, 3.63) is 81.6 Å². The van der Waals surface area contributed by atoms with Crippen LogP contribution in [0.5, 0.6) is 5.75 Å². The lowest BCUT2D eigenvalue weighted by molar-refractivity contribution is 0.0600. The molecule has 39 heavy (non-hydrogen) atoms. The number of aromatic nitrogens is 2. The average molecular weight is 660 g/mol. The molecule has 0 unspecified atom stereocenters. The van der Waals surface area contributed by atoms with Gasteiger partial charge in [-0.1, -0.05) is 57.2 Å². The van der Waals surface area contributed by atoms with E-state index >= 15 is 0 Å². The van der Waals surface area contributed by atoms with Crippen molar-refractivity contribution in [1.82, 2.24) is 9.55 Å². The van der Waals surface area contributed by atoms with Gasteiger partial charge in [-0.05, 0) is 67.8 Å². The fourth-order valence-corrected chi connectivity index (χ4v) is 6.05. The summed E-state index contributed by atoms with van der Waals surface area (Å²) in [5, 5.41) is 10.3. The van der Waals surface area contributed by atoms with Gasteiger partial charge in [0.05, 0.1) is 29.3 Å². The van der Waals surface area contributed by atoms with E-state index in [0.29, 0.717) is 22.5 Å². The van der Waals surface area contributed by atoms with Crippen molar-refractivity contribution in [2.75, 3.05) is 7.11 Å². The molecule has 1 aliphatic carbocycles. The monoisotopic (exact) mass is 658 g/mol. The number of alkyl halides is 1. The molecule has 9 heteroatoms. The van der Waals surface area contributed by atoms with Gasteiger partial charge >= 0.3 is 5.97 Å². The van der Waals surface area contributed by atoms with E-state index in [1.54, 1.807) is 25.1 Å². The molecular weight excluding hydrogens is 631 g/mol. The summed E-state index contributed by atoms with van der Waals surface area (Å²) in [5.74, 6) is -0.442. The molecule has 0 aliphatic heterocycles. The van der Waals surface area contributed by atoms with Gasteiger partial charge in [0, 0.05) is 27.5 Å². The summed E-state index contributed by atoms with van der Waals surface area (Å²) in [6, 6.07) is 15.2. The number of hydrogen-bond acceptors (Lipinski definition) is 5. The van der Waals surface area contributed by atoms with Crippen LogP contribution in [0, 0.1) is 5.82 Å². The van der Waals surface area contributed by atoms with Crippen molar-refractivity contribution in [2.24, 2.45) is 0 Å². The van der Waals surface area contributed by atoms with Crippen molar-refractivity contribution >= 4 is 54.6 Å². The molecule has 5 rings (SSSR count). The molecule has 0 bridgehead atoms. The number of halogens is 3. The predicted octanol–water partition coefficient (Wildman–Crippen LogP) is 8.39. The number of nitrogens with zero attached hydrogens (tertiary/aromatic N) is 2. The molecule has 0 radical (unpaired) electrons. The summed E-state index contributed by atoms with van der Waals surface area (Å²) in [6.07, 6.45) is 5.48. The van der Waals surface area contributed by atoms with Crippen molar-refractivity contribution in [2.45, 2.75) is 50.4 Å². The van der Waals surface area contributed by atoms with E-state index in [2.05, 4.69) is 41.4 Å². The molecule has 6 nitrogen and oxygen atoms in total. The van der Waals surface area contributed by atoms with Crippen LogP contribution in [0.25, 0.3) is 22.4 Å². The summed E-state index contributed by atoms with van der Waals surface area (Å²) >= 11 is 6.75. The van der Waals surface area contributed by atoms with Crippen LogP contribution in [0.15, 0.2) is 59.1 Å². The third-order valence-electron chi connectivity index (χ3n) is 6.84. The third-order valence-corrected chi connectivity index (χ3v) is 8.22. The van der Waals surface area contributed by atoms with Crippen LogP contribution in [-0.4, -0.2) is 33.5 Å². The highest BCUT2D eigenvalue weighted by Gasteiger charge is 2.24. The Labute approximate surface area is 243 Å². The van der Waals surface area contributed by atoms with Gasteiger partial charge in [0.15, 0.2) is 5.78 Å². The molecular formula is C30H29Br2FN2O4. The van der Waals surface area contributed by atoms with E-state index in [1.807, 2.05) is 24.3 Å². The lowest BCUT2D eigenvalue weighted by atomic mass is 9.94. The number of esters is 1. The highest BCUT2D eigenvalue weighted by atomic mass is 79.9. The second-order valence-electron chi connectivity index (χ2n) is 9.45. The minimum Gasteiger partial charge on any atom is -0.508 e. The SMILES string of the molecule is CC(=O)c1ccc(Br)c(CBr)c1.COC(=O)c1ccc2c(c1)nc(-c1ccc(O)cc1F)n2C1CCCCC1. The van der Waals surface area contributed by atoms with Crippen molar-refractivity contribution < 1.29 is 23.8 Å². The van der Waals surface area contributed by atoms with Crippen molar-refractivity contribution in [3.8, 4) is 17.1 Å². The second kappa shape index (κ2) is 12.9. The van der Waals surface area contributed by atoms with Crippen LogP contribution in [0.1, 0.15) is 71.3 Å². The molecule has 0 spiro atoms. The number of fused-ring (bicyclic) bond motifs is 1. The Kier molecular flexibility index (Phi) is 9.56. The Morgan fingerprint density at radius 2 is 1.77 bits per heavy atom. The number of methoxy groups -OCH3 is 1. The number of carbonyl (C=O) groups is 2. The fraction of sp³-hybridized carbons (Fsp3) is 0.300. The smallest absolute Gasteiger partial charge is 0.337 e. The topological polar surface area (TPSA) is 81.4 Å². The van der Waals surface area contributed by atoms with Crippen LogP contribution in [0.4, 0.5) is 4.39 Å². The van der Waals surface area contributed by atoms with Crippen LogP contribution in [-0.2, 0) is 10.1 Å². The molecule has 0 saturated heterocycles. The van der Waals surface area contributed by atoms with E-state index in [1.165, 1.54) is 19.6 Å².